The summed E-state index contributed by atoms with van der Waals surface area (Å²) in [5, 5.41) is 0.524. The number of benzene rings is 2. The first-order valence-corrected chi connectivity index (χ1v) is 9.50. The molecule has 148 valence electrons. The van der Waals surface area contributed by atoms with E-state index in [0.29, 0.717) is 10.7 Å². The molecule has 1 saturated heterocycles. The molecule has 4 rings (SSSR count). The van der Waals surface area contributed by atoms with E-state index in [4.69, 9.17) is 27.9 Å². The molecule has 7 nitrogen and oxygen atoms in total. The summed E-state index contributed by atoms with van der Waals surface area (Å²) >= 11 is 12.2. The van der Waals surface area contributed by atoms with Crippen LogP contribution in [0.5, 0.6) is 0 Å². The van der Waals surface area contributed by atoms with Gasteiger partial charge in [0.15, 0.2) is 6.73 Å². The summed E-state index contributed by atoms with van der Waals surface area (Å²) in [6, 6.07) is 11.3. The van der Waals surface area contributed by atoms with E-state index in [1.165, 1.54) is 4.90 Å². The second-order valence-electron chi connectivity index (χ2n) is 6.65. The van der Waals surface area contributed by atoms with Gasteiger partial charge in [0, 0.05) is 13.0 Å². The van der Waals surface area contributed by atoms with Gasteiger partial charge in [-0.2, -0.15) is 0 Å². The lowest BCUT2D eigenvalue weighted by atomic mass is 10.1. The largest absolute Gasteiger partial charge is 0.443 e. The minimum atomic E-state index is -0.743. The maximum atomic E-state index is 12.5. The Morgan fingerprint density at radius 1 is 1.00 bits per heavy atom. The van der Waals surface area contributed by atoms with Gasteiger partial charge in [-0.1, -0.05) is 41.4 Å². The number of nitrogens with zero attached hydrogens (tertiary/aromatic N) is 2. The Morgan fingerprint density at radius 2 is 1.66 bits per heavy atom. The maximum absolute atomic E-state index is 12.5. The summed E-state index contributed by atoms with van der Waals surface area (Å²) in [4.78, 5) is 51.7. The van der Waals surface area contributed by atoms with E-state index in [2.05, 4.69) is 0 Å². The Hall–Kier alpha value is -2.90. The molecule has 3 amide bonds. The first-order chi connectivity index (χ1) is 13.9. The van der Waals surface area contributed by atoms with Crippen LogP contribution in [0, 0.1) is 5.92 Å². The second-order valence-corrected chi connectivity index (χ2v) is 7.44. The van der Waals surface area contributed by atoms with E-state index in [1.807, 2.05) is 0 Å². The molecule has 0 radical (unpaired) electrons. The van der Waals surface area contributed by atoms with Crippen molar-refractivity contribution in [2.75, 3.05) is 18.2 Å². The average molecular weight is 433 g/mol. The Labute approximate surface area is 175 Å². The molecule has 0 N–H and O–H groups in total. The lowest BCUT2D eigenvalue weighted by molar-refractivity contribution is -0.151. The van der Waals surface area contributed by atoms with E-state index >= 15 is 0 Å². The van der Waals surface area contributed by atoms with Crippen molar-refractivity contribution in [3.05, 3.63) is 63.6 Å². The minimum absolute atomic E-state index is 0.0657. The highest BCUT2D eigenvalue weighted by Crippen LogP contribution is 2.36. The molecule has 0 unspecified atom stereocenters. The van der Waals surface area contributed by atoms with Crippen LogP contribution in [0.4, 0.5) is 5.69 Å². The highest BCUT2D eigenvalue weighted by molar-refractivity contribution is 6.44. The zero-order valence-electron chi connectivity index (χ0n) is 14.9. The van der Waals surface area contributed by atoms with Crippen LogP contribution in [-0.4, -0.2) is 41.9 Å². The Balaban J connectivity index is 1.41. The molecular formula is C20H14Cl2N2O5. The van der Waals surface area contributed by atoms with Crippen molar-refractivity contribution in [3.8, 4) is 0 Å². The van der Waals surface area contributed by atoms with Crippen LogP contribution in [0.15, 0.2) is 42.5 Å². The molecule has 1 fully saturated rings. The van der Waals surface area contributed by atoms with Crippen molar-refractivity contribution in [1.82, 2.24) is 4.90 Å². The zero-order chi connectivity index (χ0) is 20.7. The van der Waals surface area contributed by atoms with Gasteiger partial charge in [0.25, 0.3) is 11.8 Å². The smallest absolute Gasteiger partial charge is 0.313 e. The number of esters is 1. The van der Waals surface area contributed by atoms with Crippen molar-refractivity contribution in [2.45, 2.75) is 6.42 Å². The van der Waals surface area contributed by atoms with Crippen molar-refractivity contribution in [2.24, 2.45) is 5.92 Å². The maximum Gasteiger partial charge on any atom is 0.313 e. The number of amides is 3. The summed E-state index contributed by atoms with van der Waals surface area (Å²) < 4.78 is 5.18. The molecule has 0 saturated carbocycles. The van der Waals surface area contributed by atoms with Crippen LogP contribution in [0.2, 0.25) is 10.0 Å². The Kier molecular flexibility index (Phi) is 5.02. The first kappa shape index (κ1) is 19.4. The van der Waals surface area contributed by atoms with Crippen molar-refractivity contribution in [1.29, 1.82) is 0 Å². The van der Waals surface area contributed by atoms with Crippen LogP contribution < -0.4 is 4.90 Å². The van der Waals surface area contributed by atoms with Crippen LogP contribution in [-0.2, 0) is 14.3 Å². The van der Waals surface area contributed by atoms with E-state index in [0.717, 1.165) is 4.90 Å². The number of fused-ring (bicyclic) bond motifs is 1. The minimum Gasteiger partial charge on any atom is -0.443 e. The fraction of sp³-hybridized carbons (Fsp3) is 0.200. The van der Waals surface area contributed by atoms with E-state index in [9.17, 15) is 19.2 Å². The fourth-order valence-corrected chi connectivity index (χ4v) is 3.80. The lowest BCUT2D eigenvalue weighted by Crippen LogP contribution is -2.35. The number of ether oxygens (including phenoxy) is 1. The quantitative estimate of drug-likeness (QED) is 0.547. The number of hydrogen-bond acceptors (Lipinski definition) is 5. The number of carbonyl (C=O) groups excluding carboxylic acids is 4. The highest BCUT2D eigenvalue weighted by Gasteiger charge is 2.39. The summed E-state index contributed by atoms with van der Waals surface area (Å²) in [5.41, 5.74) is 0.956. The molecule has 29 heavy (non-hydrogen) atoms. The SMILES string of the molecule is O=C(OCN1C(=O)c2ccccc2C1=O)[C@@H]1CC(=O)N(c2cccc(Cl)c2Cl)C1. The molecule has 1 atom stereocenters. The van der Waals surface area contributed by atoms with Gasteiger partial charge in [0.1, 0.15) is 0 Å². The number of rotatable bonds is 4. The average Bonchev–Trinajstić information content (AvgIpc) is 3.21. The molecule has 2 aliphatic heterocycles. The standard InChI is InChI=1S/C20H14Cl2N2O5/c21-14-6-3-7-15(17(14)22)23-9-11(8-16(23)25)20(28)29-10-24-18(26)12-4-1-2-5-13(12)19(24)27/h1-7,11H,8-10H2/t11-/m1/s1. The topological polar surface area (TPSA) is 84.0 Å². The van der Waals surface area contributed by atoms with Crippen LogP contribution in [0.3, 0.4) is 0 Å². The number of anilines is 1. The molecule has 9 heteroatoms. The van der Waals surface area contributed by atoms with Gasteiger partial charge in [-0.05, 0) is 24.3 Å². The van der Waals surface area contributed by atoms with Gasteiger partial charge >= 0.3 is 5.97 Å². The molecular weight excluding hydrogens is 419 g/mol. The molecule has 2 aromatic rings. The number of hydrogen-bond donors (Lipinski definition) is 0. The summed E-state index contributed by atoms with van der Waals surface area (Å²) in [6.45, 7) is -0.437. The van der Waals surface area contributed by atoms with Crippen molar-refractivity contribution >= 4 is 52.6 Å². The third-order valence-corrected chi connectivity index (χ3v) is 5.70. The Morgan fingerprint density at radius 3 is 2.31 bits per heavy atom. The first-order valence-electron chi connectivity index (χ1n) is 8.74. The second kappa shape index (κ2) is 7.50. The van der Waals surface area contributed by atoms with Crippen molar-refractivity contribution < 1.29 is 23.9 Å². The van der Waals surface area contributed by atoms with Crippen LogP contribution in [0.25, 0.3) is 0 Å². The summed E-state index contributed by atoms with van der Waals surface area (Å²) in [5.74, 6) is -2.75. The van der Waals surface area contributed by atoms with Gasteiger partial charge in [0.05, 0.1) is 32.8 Å². The normalized spacial score (nSPS) is 18.4. The highest BCUT2D eigenvalue weighted by atomic mass is 35.5. The fourth-order valence-electron chi connectivity index (χ4n) is 3.40. The van der Waals surface area contributed by atoms with Gasteiger partial charge in [0.2, 0.25) is 5.91 Å². The monoisotopic (exact) mass is 432 g/mol. The van der Waals surface area contributed by atoms with Crippen LogP contribution in [0.1, 0.15) is 27.1 Å². The predicted octanol–water partition coefficient (Wildman–Crippen LogP) is 3.14. The number of carbonyl (C=O) groups is 4. The predicted molar refractivity (Wildman–Crippen MR) is 105 cm³/mol. The third kappa shape index (κ3) is 3.36. The van der Waals surface area contributed by atoms with Gasteiger partial charge < -0.3 is 9.64 Å². The van der Waals surface area contributed by atoms with E-state index in [1.54, 1.807) is 42.5 Å². The molecule has 0 spiro atoms. The van der Waals surface area contributed by atoms with E-state index < -0.39 is 30.4 Å². The van der Waals surface area contributed by atoms with E-state index in [-0.39, 0.29) is 35.0 Å². The number of imide groups is 1. The lowest BCUT2D eigenvalue weighted by Gasteiger charge is -2.19. The molecule has 0 bridgehead atoms. The van der Waals surface area contributed by atoms with Gasteiger partial charge in [-0.25, -0.2) is 4.90 Å². The Bertz CT molecular complexity index is 1020. The summed E-state index contributed by atoms with van der Waals surface area (Å²) in [7, 11) is 0. The molecule has 2 aliphatic rings. The zero-order valence-corrected chi connectivity index (χ0v) is 16.4. The molecule has 2 heterocycles. The summed E-state index contributed by atoms with van der Waals surface area (Å²) in [6.07, 6.45) is -0.0657. The van der Waals surface area contributed by atoms with Gasteiger partial charge in [-0.3, -0.25) is 19.2 Å². The van der Waals surface area contributed by atoms with Gasteiger partial charge in [-0.15, -0.1) is 0 Å². The van der Waals surface area contributed by atoms with Crippen molar-refractivity contribution in [3.63, 3.8) is 0 Å². The molecule has 2 aromatic carbocycles. The molecule has 0 aliphatic carbocycles. The molecule has 0 aromatic heterocycles. The third-order valence-electron chi connectivity index (χ3n) is 4.89. The van der Waals surface area contributed by atoms with Crippen LogP contribution >= 0.6 is 23.2 Å². The number of halogens is 2.